The number of nitrogens with one attached hydrogen (secondary N) is 1. The minimum atomic E-state index is -1.09. The van der Waals surface area contributed by atoms with Gasteiger partial charge in [0.05, 0.1) is 11.1 Å². The van der Waals surface area contributed by atoms with Crippen molar-refractivity contribution in [3.05, 3.63) is 64.5 Å². The number of hydrogen-bond acceptors (Lipinski definition) is 2. The highest BCUT2D eigenvalue weighted by molar-refractivity contribution is 6.05. The number of hydrogen-bond donors (Lipinski definition) is 2. The van der Waals surface area contributed by atoms with Crippen LogP contribution in [0.4, 0.5) is 10.1 Å². The van der Waals surface area contributed by atoms with Crippen LogP contribution < -0.4 is 5.32 Å². The van der Waals surface area contributed by atoms with Gasteiger partial charge in [0.15, 0.2) is 0 Å². The Bertz CT molecular complexity index is 725. The van der Waals surface area contributed by atoms with Gasteiger partial charge in [0, 0.05) is 5.69 Å². The lowest BCUT2D eigenvalue weighted by molar-refractivity contribution is 0.0696. The molecule has 0 saturated heterocycles. The quantitative estimate of drug-likeness (QED) is 0.909. The smallest absolute Gasteiger partial charge is 0.335 e. The minimum Gasteiger partial charge on any atom is -0.478 e. The lowest BCUT2D eigenvalue weighted by atomic mass is 10.1. The second kappa shape index (κ2) is 5.75. The molecule has 21 heavy (non-hydrogen) atoms. The topological polar surface area (TPSA) is 66.4 Å². The van der Waals surface area contributed by atoms with Crippen LogP contribution in [0.1, 0.15) is 31.8 Å². The first-order valence-electron chi connectivity index (χ1n) is 6.30. The van der Waals surface area contributed by atoms with E-state index in [4.69, 9.17) is 5.11 Å². The Morgan fingerprint density at radius 3 is 2.48 bits per heavy atom. The second-order valence-corrected chi connectivity index (χ2v) is 4.77. The number of aryl methyl sites for hydroxylation is 2. The van der Waals surface area contributed by atoms with E-state index in [1.165, 1.54) is 24.3 Å². The zero-order valence-corrected chi connectivity index (χ0v) is 11.6. The van der Waals surface area contributed by atoms with Crippen molar-refractivity contribution in [1.82, 2.24) is 0 Å². The third kappa shape index (κ3) is 3.25. The predicted molar refractivity (Wildman–Crippen MR) is 77.2 cm³/mol. The molecule has 0 aliphatic heterocycles. The number of carbonyl (C=O) groups excluding carboxylic acids is 1. The highest BCUT2D eigenvalue weighted by atomic mass is 19.1. The van der Waals surface area contributed by atoms with Crippen molar-refractivity contribution in [2.24, 2.45) is 0 Å². The lowest BCUT2D eigenvalue weighted by Crippen LogP contribution is -2.15. The molecule has 2 aromatic carbocycles. The predicted octanol–water partition coefficient (Wildman–Crippen LogP) is 3.39. The summed E-state index contributed by atoms with van der Waals surface area (Å²) in [4.78, 5) is 23.1. The van der Waals surface area contributed by atoms with Gasteiger partial charge in [0.1, 0.15) is 5.82 Å². The highest BCUT2D eigenvalue weighted by Crippen LogP contribution is 2.19. The van der Waals surface area contributed by atoms with E-state index in [2.05, 4.69) is 5.32 Å². The molecule has 0 saturated carbocycles. The Morgan fingerprint density at radius 1 is 1.10 bits per heavy atom. The van der Waals surface area contributed by atoms with Gasteiger partial charge in [-0.1, -0.05) is 17.7 Å². The molecular formula is C16H14FNO3. The van der Waals surface area contributed by atoms with Crippen LogP contribution in [0.15, 0.2) is 36.4 Å². The maximum absolute atomic E-state index is 13.7. The van der Waals surface area contributed by atoms with E-state index >= 15 is 0 Å². The summed E-state index contributed by atoms with van der Waals surface area (Å²) >= 11 is 0. The molecule has 0 radical (unpaired) electrons. The van der Waals surface area contributed by atoms with Crippen molar-refractivity contribution in [3.63, 3.8) is 0 Å². The molecule has 0 atom stereocenters. The molecule has 2 N–H and O–H groups in total. The summed E-state index contributed by atoms with van der Waals surface area (Å²) in [5.74, 6) is -2.32. The van der Waals surface area contributed by atoms with Crippen molar-refractivity contribution in [3.8, 4) is 0 Å². The molecule has 4 nitrogen and oxygen atoms in total. The van der Waals surface area contributed by atoms with Crippen molar-refractivity contribution >= 4 is 17.6 Å². The van der Waals surface area contributed by atoms with Gasteiger partial charge in [-0.3, -0.25) is 4.79 Å². The van der Waals surface area contributed by atoms with Gasteiger partial charge in [0.2, 0.25) is 0 Å². The Labute approximate surface area is 121 Å². The molecular weight excluding hydrogens is 273 g/mol. The average Bonchev–Trinajstić information content (AvgIpc) is 2.43. The Hall–Kier alpha value is -2.69. The van der Waals surface area contributed by atoms with Gasteiger partial charge in [-0.2, -0.15) is 0 Å². The standard InChI is InChI=1S/C16H14FNO3/c1-9-3-6-13(17)12(7-9)15(19)18-14-8-11(16(20)21)5-4-10(14)2/h3-8H,1-2H3,(H,18,19)(H,20,21). The summed E-state index contributed by atoms with van der Waals surface area (Å²) in [6.45, 7) is 3.49. The first-order chi connectivity index (χ1) is 9.88. The molecule has 0 aromatic heterocycles. The van der Waals surface area contributed by atoms with Crippen LogP contribution >= 0.6 is 0 Å². The van der Waals surface area contributed by atoms with Gasteiger partial charge in [-0.05, 0) is 43.7 Å². The SMILES string of the molecule is Cc1ccc(F)c(C(=O)Nc2cc(C(=O)O)ccc2C)c1. The van der Waals surface area contributed by atoms with E-state index in [9.17, 15) is 14.0 Å². The van der Waals surface area contributed by atoms with Gasteiger partial charge in [0.25, 0.3) is 5.91 Å². The van der Waals surface area contributed by atoms with Crippen molar-refractivity contribution in [2.75, 3.05) is 5.32 Å². The Balaban J connectivity index is 2.33. The summed E-state index contributed by atoms with van der Waals surface area (Å²) < 4.78 is 13.7. The van der Waals surface area contributed by atoms with E-state index in [0.29, 0.717) is 11.3 Å². The largest absolute Gasteiger partial charge is 0.478 e. The summed E-state index contributed by atoms with van der Waals surface area (Å²) in [6.07, 6.45) is 0. The summed E-state index contributed by atoms with van der Waals surface area (Å²) in [6, 6.07) is 8.63. The van der Waals surface area contributed by atoms with Crippen LogP contribution in [0, 0.1) is 19.7 Å². The molecule has 2 rings (SSSR count). The maximum Gasteiger partial charge on any atom is 0.335 e. The van der Waals surface area contributed by atoms with Crippen molar-refractivity contribution in [2.45, 2.75) is 13.8 Å². The number of carboxylic acids is 1. The van der Waals surface area contributed by atoms with Crippen molar-refractivity contribution < 1.29 is 19.1 Å². The number of carbonyl (C=O) groups is 2. The van der Waals surface area contributed by atoms with Gasteiger partial charge in [-0.25, -0.2) is 9.18 Å². The van der Waals surface area contributed by atoms with E-state index in [0.717, 1.165) is 5.56 Å². The number of amides is 1. The van der Waals surface area contributed by atoms with E-state index in [1.54, 1.807) is 26.0 Å². The second-order valence-electron chi connectivity index (χ2n) is 4.77. The number of anilines is 1. The molecule has 0 aliphatic carbocycles. The molecule has 0 bridgehead atoms. The lowest BCUT2D eigenvalue weighted by Gasteiger charge is -2.10. The molecule has 1 amide bonds. The molecule has 0 fully saturated rings. The first kappa shape index (κ1) is 14.7. The zero-order valence-electron chi connectivity index (χ0n) is 11.6. The van der Waals surface area contributed by atoms with E-state index in [-0.39, 0.29) is 11.1 Å². The summed E-state index contributed by atoms with van der Waals surface area (Å²) in [5.41, 5.74) is 1.79. The number of rotatable bonds is 3. The number of benzene rings is 2. The van der Waals surface area contributed by atoms with Crippen molar-refractivity contribution in [1.29, 1.82) is 0 Å². The third-order valence-corrected chi connectivity index (χ3v) is 3.10. The summed E-state index contributed by atoms with van der Waals surface area (Å²) in [7, 11) is 0. The van der Waals surface area contributed by atoms with Crippen LogP contribution in [-0.2, 0) is 0 Å². The van der Waals surface area contributed by atoms with Gasteiger partial charge in [-0.15, -0.1) is 0 Å². The van der Waals surface area contributed by atoms with E-state index < -0.39 is 17.7 Å². The zero-order chi connectivity index (χ0) is 15.6. The molecule has 0 spiro atoms. The molecule has 5 heteroatoms. The average molecular weight is 287 g/mol. The van der Waals surface area contributed by atoms with Crippen LogP contribution in [0.2, 0.25) is 0 Å². The molecule has 108 valence electrons. The Morgan fingerprint density at radius 2 is 1.81 bits per heavy atom. The van der Waals surface area contributed by atoms with E-state index in [1.807, 2.05) is 0 Å². The molecule has 2 aromatic rings. The first-order valence-corrected chi connectivity index (χ1v) is 6.30. The summed E-state index contributed by atoms with van der Waals surface area (Å²) in [5, 5.41) is 11.5. The Kier molecular flexibility index (Phi) is 4.03. The normalized spacial score (nSPS) is 10.2. The molecule has 0 heterocycles. The van der Waals surface area contributed by atoms with Crippen LogP contribution in [-0.4, -0.2) is 17.0 Å². The van der Waals surface area contributed by atoms with Crippen LogP contribution in [0.25, 0.3) is 0 Å². The fourth-order valence-electron chi connectivity index (χ4n) is 1.89. The molecule has 0 aliphatic rings. The fourth-order valence-corrected chi connectivity index (χ4v) is 1.89. The van der Waals surface area contributed by atoms with Crippen LogP contribution in [0.5, 0.6) is 0 Å². The number of carboxylic acid groups (broad SMARTS) is 1. The fraction of sp³-hybridized carbons (Fsp3) is 0.125. The van der Waals surface area contributed by atoms with Crippen LogP contribution in [0.3, 0.4) is 0 Å². The number of aromatic carboxylic acids is 1. The number of halogens is 1. The van der Waals surface area contributed by atoms with Gasteiger partial charge < -0.3 is 10.4 Å². The highest BCUT2D eigenvalue weighted by Gasteiger charge is 2.14. The third-order valence-electron chi connectivity index (χ3n) is 3.10. The monoisotopic (exact) mass is 287 g/mol. The molecule has 0 unspecified atom stereocenters. The van der Waals surface area contributed by atoms with Gasteiger partial charge >= 0.3 is 5.97 Å². The minimum absolute atomic E-state index is 0.0561. The maximum atomic E-state index is 13.7.